The van der Waals surface area contributed by atoms with Gasteiger partial charge in [0.2, 0.25) is 0 Å². The van der Waals surface area contributed by atoms with Crippen molar-refractivity contribution < 1.29 is 19.1 Å². The number of carbonyl (C=O) groups is 2. The minimum absolute atomic E-state index is 0.0498. The Morgan fingerprint density at radius 3 is 1.46 bits per heavy atom. The SMILES string of the molecule is O=C(OCc1cccc(COC(=O)c2ccccc2)n1)c1ccccc1. The zero-order chi connectivity index (χ0) is 18.2. The normalized spacial score (nSPS) is 10.2. The van der Waals surface area contributed by atoms with Gasteiger partial charge in [-0.2, -0.15) is 0 Å². The van der Waals surface area contributed by atoms with Crippen molar-refractivity contribution >= 4 is 11.9 Å². The van der Waals surface area contributed by atoms with Gasteiger partial charge in [-0.15, -0.1) is 0 Å². The third-order valence-corrected chi connectivity index (χ3v) is 3.59. The van der Waals surface area contributed by atoms with Gasteiger partial charge in [0.15, 0.2) is 0 Å². The minimum atomic E-state index is -0.409. The summed E-state index contributed by atoms with van der Waals surface area (Å²) in [5.41, 5.74) is 2.14. The number of hydrogen-bond donors (Lipinski definition) is 0. The fraction of sp³-hybridized carbons (Fsp3) is 0.0952. The third-order valence-electron chi connectivity index (χ3n) is 3.59. The highest BCUT2D eigenvalue weighted by Gasteiger charge is 2.09. The highest BCUT2D eigenvalue weighted by Crippen LogP contribution is 2.08. The van der Waals surface area contributed by atoms with Crippen LogP contribution < -0.4 is 0 Å². The van der Waals surface area contributed by atoms with Gasteiger partial charge in [0, 0.05) is 0 Å². The van der Waals surface area contributed by atoms with Crippen molar-refractivity contribution in [2.75, 3.05) is 0 Å². The summed E-state index contributed by atoms with van der Waals surface area (Å²) in [7, 11) is 0. The van der Waals surface area contributed by atoms with Gasteiger partial charge in [0.05, 0.1) is 22.5 Å². The molecule has 0 N–H and O–H groups in total. The molecule has 0 aliphatic rings. The molecule has 0 saturated carbocycles. The maximum Gasteiger partial charge on any atom is 0.338 e. The zero-order valence-corrected chi connectivity index (χ0v) is 14.0. The summed E-state index contributed by atoms with van der Waals surface area (Å²) < 4.78 is 10.5. The van der Waals surface area contributed by atoms with Crippen LogP contribution in [0.3, 0.4) is 0 Å². The predicted molar refractivity (Wildman–Crippen MR) is 95.4 cm³/mol. The van der Waals surface area contributed by atoms with Crippen LogP contribution in [0.4, 0.5) is 0 Å². The summed E-state index contributed by atoms with van der Waals surface area (Å²) in [5, 5.41) is 0. The summed E-state index contributed by atoms with van der Waals surface area (Å²) in [5.74, 6) is -0.818. The van der Waals surface area contributed by atoms with E-state index in [-0.39, 0.29) is 13.2 Å². The number of nitrogens with zero attached hydrogens (tertiary/aromatic N) is 1. The van der Waals surface area contributed by atoms with Crippen LogP contribution in [0.1, 0.15) is 32.1 Å². The molecule has 1 aromatic heterocycles. The molecule has 3 rings (SSSR count). The van der Waals surface area contributed by atoms with Gasteiger partial charge in [-0.3, -0.25) is 4.98 Å². The smallest absolute Gasteiger partial charge is 0.338 e. The molecule has 0 fully saturated rings. The molecular formula is C21H17NO4. The van der Waals surface area contributed by atoms with Crippen LogP contribution in [0.25, 0.3) is 0 Å². The van der Waals surface area contributed by atoms with Crippen LogP contribution in [0.15, 0.2) is 78.9 Å². The minimum Gasteiger partial charge on any atom is -0.456 e. The Balaban J connectivity index is 1.55. The molecule has 0 bridgehead atoms. The van der Waals surface area contributed by atoms with Crippen LogP contribution >= 0.6 is 0 Å². The van der Waals surface area contributed by atoms with Crippen LogP contribution in [-0.2, 0) is 22.7 Å². The summed E-state index contributed by atoms with van der Waals surface area (Å²) in [6.07, 6.45) is 0. The molecule has 0 aliphatic heterocycles. The Bertz CT molecular complexity index is 808. The summed E-state index contributed by atoms with van der Waals surface area (Å²) in [4.78, 5) is 28.3. The average Bonchev–Trinajstić information content (AvgIpc) is 2.72. The Labute approximate surface area is 151 Å². The van der Waals surface area contributed by atoms with E-state index in [1.54, 1.807) is 66.7 Å². The topological polar surface area (TPSA) is 65.5 Å². The van der Waals surface area contributed by atoms with Crippen molar-refractivity contribution in [3.63, 3.8) is 0 Å². The number of pyridine rings is 1. The van der Waals surface area contributed by atoms with Crippen molar-refractivity contribution in [3.8, 4) is 0 Å². The van der Waals surface area contributed by atoms with Gasteiger partial charge < -0.3 is 9.47 Å². The van der Waals surface area contributed by atoms with E-state index in [0.717, 1.165) is 0 Å². The Morgan fingerprint density at radius 2 is 1.04 bits per heavy atom. The summed E-state index contributed by atoms with van der Waals surface area (Å²) in [6.45, 7) is 0.0996. The van der Waals surface area contributed by atoms with Crippen LogP contribution in [0, 0.1) is 0 Å². The second kappa shape index (κ2) is 8.58. The van der Waals surface area contributed by atoms with Crippen LogP contribution in [-0.4, -0.2) is 16.9 Å². The highest BCUT2D eigenvalue weighted by molar-refractivity contribution is 5.89. The van der Waals surface area contributed by atoms with E-state index < -0.39 is 11.9 Å². The van der Waals surface area contributed by atoms with Crippen molar-refractivity contribution in [2.45, 2.75) is 13.2 Å². The van der Waals surface area contributed by atoms with Gasteiger partial charge in [-0.25, -0.2) is 9.59 Å². The van der Waals surface area contributed by atoms with E-state index in [1.807, 2.05) is 12.1 Å². The molecule has 3 aromatic rings. The van der Waals surface area contributed by atoms with Crippen molar-refractivity contribution in [2.24, 2.45) is 0 Å². The first-order chi connectivity index (χ1) is 12.7. The van der Waals surface area contributed by atoms with Gasteiger partial charge in [-0.05, 0) is 36.4 Å². The first-order valence-corrected chi connectivity index (χ1v) is 8.11. The fourth-order valence-electron chi connectivity index (χ4n) is 2.28. The quantitative estimate of drug-likeness (QED) is 0.635. The number of aromatic nitrogens is 1. The summed E-state index contributed by atoms with van der Waals surface area (Å²) in [6, 6.07) is 22.8. The average molecular weight is 347 g/mol. The van der Waals surface area contributed by atoms with Crippen LogP contribution in [0.2, 0.25) is 0 Å². The lowest BCUT2D eigenvalue weighted by Crippen LogP contribution is -2.08. The molecule has 5 nitrogen and oxygen atoms in total. The monoisotopic (exact) mass is 347 g/mol. The zero-order valence-electron chi connectivity index (χ0n) is 14.0. The van der Waals surface area contributed by atoms with E-state index >= 15 is 0 Å². The highest BCUT2D eigenvalue weighted by atomic mass is 16.5. The maximum absolute atomic E-state index is 12.0. The summed E-state index contributed by atoms with van der Waals surface area (Å²) >= 11 is 0. The maximum atomic E-state index is 12.0. The molecule has 2 aromatic carbocycles. The molecule has 0 radical (unpaired) electrons. The lowest BCUT2D eigenvalue weighted by molar-refractivity contribution is 0.0463. The molecule has 1 heterocycles. The third kappa shape index (κ3) is 4.77. The Morgan fingerprint density at radius 1 is 0.615 bits per heavy atom. The largest absolute Gasteiger partial charge is 0.456 e. The molecule has 5 heteroatoms. The second-order valence-corrected chi connectivity index (χ2v) is 5.50. The van der Waals surface area contributed by atoms with E-state index in [0.29, 0.717) is 22.5 Å². The standard InChI is InChI=1S/C21H17NO4/c23-20(16-8-3-1-4-9-16)25-14-18-12-7-13-19(22-18)15-26-21(24)17-10-5-2-6-11-17/h1-13H,14-15H2. The van der Waals surface area contributed by atoms with E-state index in [1.165, 1.54) is 0 Å². The van der Waals surface area contributed by atoms with Crippen molar-refractivity contribution in [1.29, 1.82) is 0 Å². The molecular weight excluding hydrogens is 330 g/mol. The first-order valence-electron chi connectivity index (χ1n) is 8.11. The predicted octanol–water partition coefficient (Wildman–Crippen LogP) is 3.80. The Kier molecular flexibility index (Phi) is 5.72. The van der Waals surface area contributed by atoms with Gasteiger partial charge in [0.25, 0.3) is 0 Å². The number of hydrogen-bond acceptors (Lipinski definition) is 5. The van der Waals surface area contributed by atoms with E-state index in [2.05, 4.69) is 4.98 Å². The van der Waals surface area contributed by atoms with E-state index in [9.17, 15) is 9.59 Å². The molecule has 0 saturated heterocycles. The van der Waals surface area contributed by atoms with Gasteiger partial charge >= 0.3 is 11.9 Å². The van der Waals surface area contributed by atoms with Crippen molar-refractivity contribution in [1.82, 2.24) is 4.98 Å². The fourth-order valence-corrected chi connectivity index (χ4v) is 2.28. The van der Waals surface area contributed by atoms with Gasteiger partial charge in [-0.1, -0.05) is 42.5 Å². The second-order valence-electron chi connectivity index (χ2n) is 5.50. The first kappa shape index (κ1) is 17.4. The Hall–Kier alpha value is -3.47. The van der Waals surface area contributed by atoms with Gasteiger partial charge in [0.1, 0.15) is 13.2 Å². The number of ether oxygens (including phenoxy) is 2. The number of esters is 2. The molecule has 0 unspecified atom stereocenters. The molecule has 0 spiro atoms. The van der Waals surface area contributed by atoms with Crippen molar-refractivity contribution in [3.05, 3.63) is 101 Å². The lowest BCUT2D eigenvalue weighted by atomic mass is 10.2. The molecule has 0 atom stereocenters. The lowest BCUT2D eigenvalue weighted by Gasteiger charge is -2.07. The molecule has 0 amide bonds. The number of rotatable bonds is 6. The molecule has 0 aliphatic carbocycles. The molecule has 26 heavy (non-hydrogen) atoms. The van der Waals surface area contributed by atoms with Crippen LogP contribution in [0.5, 0.6) is 0 Å². The number of carbonyl (C=O) groups excluding carboxylic acids is 2. The number of benzene rings is 2. The van der Waals surface area contributed by atoms with E-state index in [4.69, 9.17) is 9.47 Å². The molecule has 130 valence electrons.